The number of nitriles is 1. The predicted molar refractivity (Wildman–Crippen MR) is 52.2 cm³/mol. The van der Waals surface area contributed by atoms with Gasteiger partial charge in [0, 0.05) is 18.9 Å². The lowest BCUT2D eigenvalue weighted by Crippen LogP contribution is -2.29. The second-order valence-corrected chi connectivity index (χ2v) is 3.42. The second-order valence-electron chi connectivity index (χ2n) is 3.42. The van der Waals surface area contributed by atoms with Crippen LogP contribution in [-0.4, -0.2) is 30.8 Å². The molecule has 0 heterocycles. The maximum atomic E-state index is 11.4. The van der Waals surface area contributed by atoms with E-state index in [1.807, 2.05) is 25.8 Å². The Morgan fingerprint density at radius 3 is 2.69 bits per heavy atom. The van der Waals surface area contributed by atoms with Crippen molar-refractivity contribution in [2.75, 3.05) is 20.1 Å². The highest BCUT2D eigenvalue weighted by molar-refractivity contribution is 5.82. The van der Waals surface area contributed by atoms with E-state index in [2.05, 4.69) is 6.07 Å². The fraction of sp³-hybridized carbons (Fsp3) is 0.800. The molecule has 0 bridgehead atoms. The van der Waals surface area contributed by atoms with Crippen LogP contribution in [0, 0.1) is 17.2 Å². The number of hydrogen-bond donors (Lipinski definition) is 0. The van der Waals surface area contributed by atoms with Crippen LogP contribution in [0.2, 0.25) is 0 Å². The van der Waals surface area contributed by atoms with Gasteiger partial charge >= 0.3 is 0 Å². The highest BCUT2D eigenvalue weighted by Gasteiger charge is 2.12. The van der Waals surface area contributed by atoms with Gasteiger partial charge in [-0.15, -0.1) is 0 Å². The maximum absolute atomic E-state index is 11.4. The summed E-state index contributed by atoms with van der Waals surface area (Å²) < 4.78 is 0. The smallest absolute Gasteiger partial charge is 0.149 e. The molecule has 74 valence electrons. The highest BCUT2D eigenvalue weighted by Crippen LogP contribution is 2.03. The van der Waals surface area contributed by atoms with Crippen molar-refractivity contribution in [3.63, 3.8) is 0 Å². The number of ketones is 1. The van der Waals surface area contributed by atoms with Gasteiger partial charge in [-0.25, -0.2) is 0 Å². The van der Waals surface area contributed by atoms with E-state index in [1.165, 1.54) is 0 Å². The summed E-state index contributed by atoms with van der Waals surface area (Å²) in [5.41, 5.74) is 0. The molecule has 0 aliphatic rings. The normalized spacial score (nSPS) is 12.5. The third-order valence-corrected chi connectivity index (χ3v) is 2.19. The van der Waals surface area contributed by atoms with Crippen molar-refractivity contribution in [3.05, 3.63) is 0 Å². The van der Waals surface area contributed by atoms with Gasteiger partial charge in [-0.1, -0.05) is 13.8 Å². The third kappa shape index (κ3) is 5.37. The van der Waals surface area contributed by atoms with Gasteiger partial charge in [0.2, 0.25) is 0 Å². The molecule has 3 heteroatoms. The predicted octanol–water partition coefficient (Wildman–Crippen LogP) is 1.45. The summed E-state index contributed by atoms with van der Waals surface area (Å²) in [6.07, 6.45) is 1.38. The van der Waals surface area contributed by atoms with Gasteiger partial charge in [0.1, 0.15) is 5.78 Å². The number of rotatable bonds is 6. The van der Waals surface area contributed by atoms with Crippen LogP contribution in [0.25, 0.3) is 0 Å². The van der Waals surface area contributed by atoms with Crippen LogP contribution in [0.4, 0.5) is 0 Å². The van der Waals surface area contributed by atoms with Crippen molar-refractivity contribution in [1.82, 2.24) is 4.90 Å². The van der Waals surface area contributed by atoms with Crippen molar-refractivity contribution >= 4 is 5.78 Å². The van der Waals surface area contributed by atoms with Gasteiger partial charge in [-0.3, -0.25) is 9.69 Å². The number of carbonyl (C=O) groups is 1. The molecule has 0 saturated heterocycles. The maximum Gasteiger partial charge on any atom is 0.149 e. The Morgan fingerprint density at radius 1 is 1.62 bits per heavy atom. The SMILES string of the molecule is CCC(C)C(=O)CN(C)CCC#N. The molecule has 0 rings (SSSR count). The standard InChI is InChI=1S/C10H18N2O/c1-4-9(2)10(13)8-12(3)7-5-6-11/h9H,4-5,7-8H2,1-3H3. The van der Waals surface area contributed by atoms with E-state index >= 15 is 0 Å². The zero-order valence-electron chi connectivity index (χ0n) is 8.71. The number of Topliss-reactive ketones (excluding diaryl/α,β-unsaturated/α-hetero) is 1. The number of hydrogen-bond acceptors (Lipinski definition) is 3. The molecule has 0 aromatic heterocycles. The van der Waals surface area contributed by atoms with E-state index < -0.39 is 0 Å². The minimum atomic E-state index is 0.143. The Hall–Kier alpha value is -0.880. The van der Waals surface area contributed by atoms with Crippen molar-refractivity contribution in [3.8, 4) is 6.07 Å². The monoisotopic (exact) mass is 182 g/mol. The van der Waals surface area contributed by atoms with Gasteiger partial charge in [0.15, 0.2) is 0 Å². The Bertz CT molecular complexity index is 196. The number of likely N-dealkylation sites (N-methyl/N-ethyl adjacent to an activating group) is 1. The van der Waals surface area contributed by atoms with Crippen LogP contribution in [0.15, 0.2) is 0 Å². The molecule has 0 spiro atoms. The van der Waals surface area contributed by atoms with Gasteiger partial charge in [-0.05, 0) is 13.5 Å². The van der Waals surface area contributed by atoms with Crippen LogP contribution >= 0.6 is 0 Å². The molecule has 13 heavy (non-hydrogen) atoms. The molecule has 0 aliphatic carbocycles. The summed E-state index contributed by atoms with van der Waals surface area (Å²) in [5.74, 6) is 0.410. The minimum Gasteiger partial charge on any atom is -0.298 e. The van der Waals surface area contributed by atoms with E-state index in [-0.39, 0.29) is 11.7 Å². The third-order valence-electron chi connectivity index (χ3n) is 2.19. The summed E-state index contributed by atoms with van der Waals surface area (Å²) >= 11 is 0. The molecule has 0 aromatic rings. The number of nitrogens with zero attached hydrogens (tertiary/aromatic N) is 2. The summed E-state index contributed by atoms with van der Waals surface area (Å²) in [4.78, 5) is 13.3. The quantitative estimate of drug-likeness (QED) is 0.624. The first-order valence-corrected chi connectivity index (χ1v) is 4.70. The minimum absolute atomic E-state index is 0.143. The molecule has 1 atom stereocenters. The van der Waals surface area contributed by atoms with E-state index in [4.69, 9.17) is 5.26 Å². The molecule has 0 aromatic carbocycles. The van der Waals surface area contributed by atoms with Crippen molar-refractivity contribution in [2.24, 2.45) is 5.92 Å². The molecule has 1 unspecified atom stereocenters. The first kappa shape index (κ1) is 12.1. The molecule has 0 N–H and O–H groups in total. The van der Waals surface area contributed by atoms with Crippen LogP contribution in [0.5, 0.6) is 0 Å². The summed E-state index contributed by atoms with van der Waals surface area (Å²) in [7, 11) is 1.87. The van der Waals surface area contributed by atoms with Crippen LogP contribution in [0.3, 0.4) is 0 Å². The topological polar surface area (TPSA) is 44.1 Å². The Morgan fingerprint density at radius 2 is 2.23 bits per heavy atom. The fourth-order valence-corrected chi connectivity index (χ4v) is 0.969. The lowest BCUT2D eigenvalue weighted by Gasteiger charge is -2.16. The van der Waals surface area contributed by atoms with Crippen LogP contribution in [-0.2, 0) is 4.79 Å². The first-order chi connectivity index (χ1) is 6.11. The van der Waals surface area contributed by atoms with E-state index in [1.54, 1.807) is 0 Å². The molecule has 0 amide bonds. The second kappa shape index (κ2) is 6.62. The van der Waals surface area contributed by atoms with E-state index in [9.17, 15) is 4.79 Å². The van der Waals surface area contributed by atoms with Crippen LogP contribution < -0.4 is 0 Å². The van der Waals surface area contributed by atoms with Crippen molar-refractivity contribution in [2.45, 2.75) is 26.7 Å². The van der Waals surface area contributed by atoms with Gasteiger partial charge in [0.25, 0.3) is 0 Å². The molecular formula is C10H18N2O. The lowest BCUT2D eigenvalue weighted by molar-refractivity contribution is -0.123. The summed E-state index contributed by atoms with van der Waals surface area (Å²) in [5, 5.41) is 8.34. The largest absolute Gasteiger partial charge is 0.298 e. The molecule has 3 nitrogen and oxygen atoms in total. The molecule has 0 radical (unpaired) electrons. The zero-order valence-corrected chi connectivity index (χ0v) is 8.71. The van der Waals surface area contributed by atoms with Crippen LogP contribution in [0.1, 0.15) is 26.7 Å². The highest BCUT2D eigenvalue weighted by atomic mass is 16.1. The number of carbonyl (C=O) groups excluding carboxylic acids is 1. The average molecular weight is 182 g/mol. The van der Waals surface area contributed by atoms with Gasteiger partial charge < -0.3 is 0 Å². The first-order valence-electron chi connectivity index (χ1n) is 4.70. The zero-order chi connectivity index (χ0) is 10.3. The Kier molecular flexibility index (Phi) is 6.17. The van der Waals surface area contributed by atoms with E-state index in [0.717, 1.165) is 6.42 Å². The molecule has 0 aliphatic heterocycles. The van der Waals surface area contributed by atoms with Crippen molar-refractivity contribution < 1.29 is 4.79 Å². The van der Waals surface area contributed by atoms with Crippen molar-refractivity contribution in [1.29, 1.82) is 5.26 Å². The lowest BCUT2D eigenvalue weighted by atomic mass is 10.0. The molecule has 0 saturated carbocycles. The summed E-state index contributed by atoms with van der Waals surface area (Å²) in [6.45, 7) is 5.10. The Balaban J connectivity index is 3.72. The average Bonchev–Trinajstić information content (AvgIpc) is 2.13. The van der Waals surface area contributed by atoms with E-state index in [0.29, 0.717) is 19.5 Å². The van der Waals surface area contributed by atoms with Gasteiger partial charge in [-0.2, -0.15) is 5.26 Å². The van der Waals surface area contributed by atoms with Gasteiger partial charge in [0.05, 0.1) is 12.6 Å². The fourth-order valence-electron chi connectivity index (χ4n) is 0.969. The molecular weight excluding hydrogens is 164 g/mol. The Labute approximate surface area is 80.3 Å². The molecule has 0 fully saturated rings. The summed E-state index contributed by atoms with van der Waals surface area (Å²) in [6, 6.07) is 2.06.